The number of hydrogen-bond acceptors (Lipinski definition) is 3. The zero-order valence-corrected chi connectivity index (χ0v) is 15.2. The SMILES string of the molecule is CC(=Nc1cccc2ccccc12)C1=C(O)CC(c2ccccc2)CC1=O. The standard InChI is InChI=1S/C24H21NO2/c1-16(25-21-13-7-11-18-10-5-6-12-20(18)21)24-22(26)14-19(15-23(24)27)17-8-3-2-4-9-17/h2-13,19,26H,14-15H2,1H3. The molecule has 0 radical (unpaired) electrons. The Morgan fingerprint density at radius 1 is 0.926 bits per heavy atom. The van der Waals surface area contributed by atoms with Crippen molar-refractivity contribution in [2.75, 3.05) is 0 Å². The van der Waals surface area contributed by atoms with Gasteiger partial charge in [-0.1, -0.05) is 66.7 Å². The summed E-state index contributed by atoms with van der Waals surface area (Å²) in [5, 5.41) is 12.7. The molecule has 0 aromatic heterocycles. The summed E-state index contributed by atoms with van der Waals surface area (Å²) < 4.78 is 0. The number of Topliss-reactive ketones (excluding diaryl/α,β-unsaturated/α-hetero) is 1. The summed E-state index contributed by atoms with van der Waals surface area (Å²) in [7, 11) is 0. The highest BCUT2D eigenvalue weighted by atomic mass is 16.3. The maximum atomic E-state index is 12.8. The smallest absolute Gasteiger partial charge is 0.168 e. The summed E-state index contributed by atoms with van der Waals surface area (Å²) in [6, 6.07) is 23.8. The first-order chi connectivity index (χ1) is 13.1. The second-order valence-corrected chi connectivity index (χ2v) is 6.96. The van der Waals surface area contributed by atoms with Gasteiger partial charge in [-0.3, -0.25) is 9.79 Å². The Balaban J connectivity index is 1.69. The van der Waals surface area contributed by atoms with Gasteiger partial charge in [0.05, 0.1) is 17.0 Å². The van der Waals surface area contributed by atoms with Crippen LogP contribution in [0.4, 0.5) is 5.69 Å². The zero-order chi connectivity index (χ0) is 18.8. The number of aliphatic imine (C=N–C) groups is 1. The topological polar surface area (TPSA) is 49.7 Å². The normalized spacial score (nSPS) is 18.2. The van der Waals surface area contributed by atoms with E-state index >= 15 is 0 Å². The second kappa shape index (κ2) is 7.20. The molecule has 0 saturated carbocycles. The summed E-state index contributed by atoms with van der Waals surface area (Å²) >= 11 is 0. The molecule has 1 N–H and O–H groups in total. The van der Waals surface area contributed by atoms with Gasteiger partial charge in [-0.05, 0) is 29.9 Å². The Morgan fingerprint density at radius 2 is 1.63 bits per heavy atom. The monoisotopic (exact) mass is 355 g/mol. The number of hydrogen-bond donors (Lipinski definition) is 1. The van der Waals surface area contributed by atoms with E-state index in [1.807, 2.05) is 72.8 Å². The molecule has 0 amide bonds. The van der Waals surface area contributed by atoms with Crippen LogP contribution in [0.2, 0.25) is 0 Å². The maximum Gasteiger partial charge on any atom is 0.168 e. The van der Waals surface area contributed by atoms with Crippen molar-refractivity contribution in [1.29, 1.82) is 0 Å². The van der Waals surface area contributed by atoms with Crippen LogP contribution in [0.15, 0.2) is 89.1 Å². The van der Waals surface area contributed by atoms with E-state index < -0.39 is 0 Å². The van der Waals surface area contributed by atoms with Crippen LogP contribution in [-0.2, 0) is 4.79 Å². The Morgan fingerprint density at radius 3 is 2.41 bits per heavy atom. The molecule has 134 valence electrons. The van der Waals surface area contributed by atoms with Crippen molar-refractivity contribution in [3.05, 3.63) is 89.7 Å². The van der Waals surface area contributed by atoms with Crippen molar-refractivity contribution in [2.45, 2.75) is 25.7 Å². The fourth-order valence-corrected chi connectivity index (χ4v) is 3.81. The number of nitrogens with zero attached hydrogens (tertiary/aromatic N) is 1. The first kappa shape index (κ1) is 17.2. The van der Waals surface area contributed by atoms with Gasteiger partial charge in [0.2, 0.25) is 0 Å². The molecule has 3 aromatic rings. The van der Waals surface area contributed by atoms with E-state index in [1.165, 1.54) is 0 Å². The Kier molecular flexibility index (Phi) is 4.59. The van der Waals surface area contributed by atoms with Crippen LogP contribution < -0.4 is 0 Å². The molecule has 0 bridgehead atoms. The number of aliphatic hydroxyl groups is 1. The predicted octanol–water partition coefficient (Wildman–Crippen LogP) is 5.89. The van der Waals surface area contributed by atoms with Crippen LogP contribution in [0.25, 0.3) is 10.8 Å². The fraction of sp³-hybridized carbons (Fsp3) is 0.167. The van der Waals surface area contributed by atoms with Gasteiger partial charge < -0.3 is 5.11 Å². The molecule has 1 atom stereocenters. The summed E-state index contributed by atoms with van der Waals surface area (Å²) in [5.41, 5.74) is 2.83. The first-order valence-corrected chi connectivity index (χ1v) is 9.17. The van der Waals surface area contributed by atoms with E-state index in [4.69, 9.17) is 0 Å². The van der Waals surface area contributed by atoms with E-state index in [9.17, 15) is 9.90 Å². The third-order valence-electron chi connectivity index (χ3n) is 5.13. The number of fused-ring (bicyclic) bond motifs is 1. The van der Waals surface area contributed by atoms with E-state index in [0.29, 0.717) is 24.1 Å². The van der Waals surface area contributed by atoms with Gasteiger partial charge in [0.1, 0.15) is 5.76 Å². The third kappa shape index (κ3) is 3.41. The summed E-state index contributed by atoms with van der Waals surface area (Å²) in [4.78, 5) is 17.5. The van der Waals surface area contributed by atoms with Crippen molar-refractivity contribution in [3.63, 3.8) is 0 Å². The summed E-state index contributed by atoms with van der Waals surface area (Å²) in [5.74, 6) is 0.114. The quantitative estimate of drug-likeness (QED) is 0.595. The van der Waals surface area contributed by atoms with Crippen molar-refractivity contribution >= 4 is 28.0 Å². The van der Waals surface area contributed by atoms with Crippen molar-refractivity contribution in [2.24, 2.45) is 4.99 Å². The molecule has 4 rings (SSSR count). The molecule has 27 heavy (non-hydrogen) atoms. The average molecular weight is 355 g/mol. The van der Waals surface area contributed by atoms with Gasteiger partial charge >= 0.3 is 0 Å². The molecule has 0 aliphatic heterocycles. The minimum Gasteiger partial charge on any atom is -0.511 e. The van der Waals surface area contributed by atoms with Crippen LogP contribution in [0.3, 0.4) is 0 Å². The highest BCUT2D eigenvalue weighted by Crippen LogP contribution is 2.35. The molecule has 3 heteroatoms. The fourth-order valence-electron chi connectivity index (χ4n) is 3.81. The largest absolute Gasteiger partial charge is 0.511 e. The van der Waals surface area contributed by atoms with Crippen molar-refractivity contribution in [3.8, 4) is 0 Å². The van der Waals surface area contributed by atoms with Crippen LogP contribution in [-0.4, -0.2) is 16.6 Å². The van der Waals surface area contributed by atoms with Crippen LogP contribution in [0.5, 0.6) is 0 Å². The second-order valence-electron chi connectivity index (χ2n) is 6.96. The van der Waals surface area contributed by atoms with Crippen molar-refractivity contribution in [1.82, 2.24) is 0 Å². The lowest BCUT2D eigenvalue weighted by atomic mass is 9.81. The van der Waals surface area contributed by atoms with E-state index in [2.05, 4.69) is 4.99 Å². The minimum atomic E-state index is -0.0471. The molecular weight excluding hydrogens is 334 g/mol. The van der Waals surface area contributed by atoms with Crippen LogP contribution >= 0.6 is 0 Å². The summed E-state index contributed by atoms with van der Waals surface area (Å²) in [6.07, 6.45) is 0.860. The van der Waals surface area contributed by atoms with Gasteiger partial charge in [0.15, 0.2) is 5.78 Å². The molecule has 0 saturated heterocycles. The summed E-state index contributed by atoms with van der Waals surface area (Å²) in [6.45, 7) is 1.80. The molecule has 0 spiro atoms. The number of benzene rings is 3. The molecule has 1 aliphatic carbocycles. The highest BCUT2D eigenvalue weighted by Gasteiger charge is 2.30. The van der Waals surface area contributed by atoms with E-state index in [1.54, 1.807) is 6.92 Å². The lowest BCUT2D eigenvalue weighted by molar-refractivity contribution is -0.116. The number of carbonyl (C=O) groups excluding carboxylic acids is 1. The van der Waals surface area contributed by atoms with E-state index in [0.717, 1.165) is 22.0 Å². The highest BCUT2D eigenvalue weighted by molar-refractivity contribution is 6.23. The number of ketones is 1. The van der Waals surface area contributed by atoms with Gasteiger partial charge in [-0.25, -0.2) is 0 Å². The van der Waals surface area contributed by atoms with E-state index in [-0.39, 0.29) is 17.5 Å². The molecule has 3 nitrogen and oxygen atoms in total. The Bertz CT molecular complexity index is 1060. The first-order valence-electron chi connectivity index (χ1n) is 9.17. The van der Waals surface area contributed by atoms with Gasteiger partial charge in [0, 0.05) is 18.2 Å². The minimum absolute atomic E-state index is 0.0211. The predicted molar refractivity (Wildman–Crippen MR) is 110 cm³/mol. The molecule has 3 aromatic carbocycles. The average Bonchev–Trinajstić information content (AvgIpc) is 2.68. The molecule has 0 fully saturated rings. The van der Waals surface area contributed by atoms with Crippen LogP contribution in [0, 0.1) is 0 Å². The lowest BCUT2D eigenvalue weighted by Crippen LogP contribution is -2.22. The Labute approximate surface area is 158 Å². The van der Waals surface area contributed by atoms with Crippen molar-refractivity contribution < 1.29 is 9.90 Å². The van der Waals surface area contributed by atoms with Gasteiger partial charge in [-0.2, -0.15) is 0 Å². The third-order valence-corrected chi connectivity index (χ3v) is 5.13. The maximum absolute atomic E-state index is 12.8. The number of rotatable bonds is 3. The molecule has 1 unspecified atom stereocenters. The van der Waals surface area contributed by atoms with Gasteiger partial charge in [0.25, 0.3) is 0 Å². The Hall–Kier alpha value is -3.20. The number of allylic oxidation sites excluding steroid dienone is 2. The number of aliphatic hydroxyl groups excluding tert-OH is 1. The molecular formula is C24H21NO2. The lowest BCUT2D eigenvalue weighted by Gasteiger charge is -2.23. The molecule has 0 heterocycles. The van der Waals surface area contributed by atoms with Crippen LogP contribution in [0.1, 0.15) is 31.2 Å². The van der Waals surface area contributed by atoms with Gasteiger partial charge in [-0.15, -0.1) is 0 Å². The molecule has 1 aliphatic rings. The zero-order valence-electron chi connectivity index (χ0n) is 15.2. The number of carbonyl (C=O) groups is 1.